The minimum absolute atomic E-state index is 0.00790. The minimum atomic E-state index is -3.59. The minimum Gasteiger partial charge on any atom is -0.508 e. The molecule has 12 heteroatoms. The SMILES string of the molecule is COP(=O)(C#Cc1cc(Cl)c(CNC(Cc2cccc(S(C)(=O)=O)c2)C(=O)O)c(Cl)c1)c1cccc(O)c1. The van der Waals surface area contributed by atoms with Gasteiger partial charge in [0.15, 0.2) is 9.84 Å². The predicted molar refractivity (Wildman–Crippen MR) is 147 cm³/mol. The van der Waals surface area contributed by atoms with Crippen molar-refractivity contribution in [3.05, 3.63) is 87.4 Å². The summed E-state index contributed by atoms with van der Waals surface area (Å²) in [4.78, 5) is 12.0. The van der Waals surface area contributed by atoms with E-state index in [0.29, 0.717) is 16.7 Å². The van der Waals surface area contributed by atoms with Crippen LogP contribution >= 0.6 is 30.6 Å². The molecule has 0 heterocycles. The lowest BCUT2D eigenvalue weighted by molar-refractivity contribution is -0.139. The van der Waals surface area contributed by atoms with E-state index in [-0.39, 0.29) is 39.0 Å². The van der Waals surface area contributed by atoms with E-state index in [4.69, 9.17) is 27.7 Å². The summed E-state index contributed by atoms with van der Waals surface area (Å²) in [6.07, 6.45) is 1.11. The van der Waals surface area contributed by atoms with Gasteiger partial charge in [-0.3, -0.25) is 14.7 Å². The van der Waals surface area contributed by atoms with Crippen molar-refractivity contribution in [3.8, 4) is 17.3 Å². The maximum Gasteiger partial charge on any atom is 0.321 e. The number of aromatic hydroxyl groups is 1. The lowest BCUT2D eigenvalue weighted by atomic mass is 10.1. The number of sulfone groups is 1. The van der Waals surface area contributed by atoms with Crippen LogP contribution in [0.4, 0.5) is 0 Å². The summed E-state index contributed by atoms with van der Waals surface area (Å²) < 4.78 is 41.9. The van der Waals surface area contributed by atoms with Gasteiger partial charge in [0.05, 0.1) is 10.2 Å². The Kier molecular flexibility index (Phi) is 9.66. The van der Waals surface area contributed by atoms with Crippen LogP contribution in [0.2, 0.25) is 10.0 Å². The number of phenolic OH excluding ortho intramolecular Hbond substituents is 1. The third kappa shape index (κ3) is 7.61. The smallest absolute Gasteiger partial charge is 0.321 e. The van der Waals surface area contributed by atoms with E-state index in [0.717, 1.165) is 6.26 Å². The molecule has 0 aliphatic carbocycles. The number of carboxylic acids is 1. The van der Waals surface area contributed by atoms with Gasteiger partial charge in [0.1, 0.15) is 11.8 Å². The Hall–Kier alpha value is -2.83. The third-order valence-corrected chi connectivity index (χ3v) is 9.17. The topological polar surface area (TPSA) is 130 Å². The average Bonchev–Trinajstić information content (AvgIpc) is 2.85. The molecular formula is C26H24Cl2NO7PS. The summed E-state index contributed by atoms with van der Waals surface area (Å²) >= 11 is 12.8. The fraction of sp³-hybridized carbons (Fsp3) is 0.192. The molecule has 3 aromatic carbocycles. The maximum atomic E-state index is 13.1. The normalized spacial score (nSPS) is 13.7. The van der Waals surface area contributed by atoms with Crippen LogP contribution in [0.3, 0.4) is 0 Å². The molecule has 0 radical (unpaired) electrons. The van der Waals surface area contributed by atoms with Gasteiger partial charge in [0.2, 0.25) is 0 Å². The molecule has 0 fully saturated rings. The van der Waals surface area contributed by atoms with Crippen LogP contribution in [-0.4, -0.2) is 44.0 Å². The number of halogens is 2. The zero-order valence-electron chi connectivity index (χ0n) is 20.3. The number of aliphatic carboxylic acids is 1. The first-order valence-corrected chi connectivity index (χ1v) is 15.3. The van der Waals surface area contributed by atoms with E-state index in [1.807, 2.05) is 0 Å². The fourth-order valence-electron chi connectivity index (χ4n) is 3.48. The van der Waals surface area contributed by atoms with Gasteiger partial charge < -0.3 is 14.7 Å². The second-order valence-electron chi connectivity index (χ2n) is 8.30. The number of phenols is 1. The molecule has 0 aliphatic rings. The maximum absolute atomic E-state index is 13.1. The zero-order valence-corrected chi connectivity index (χ0v) is 23.5. The second kappa shape index (κ2) is 12.4. The largest absolute Gasteiger partial charge is 0.508 e. The third-order valence-electron chi connectivity index (χ3n) is 5.50. The van der Waals surface area contributed by atoms with Gasteiger partial charge in [-0.15, -0.1) is 0 Å². The first-order valence-electron chi connectivity index (χ1n) is 11.0. The highest BCUT2D eigenvalue weighted by molar-refractivity contribution is 7.90. The van der Waals surface area contributed by atoms with Crippen molar-refractivity contribution in [1.29, 1.82) is 0 Å². The van der Waals surface area contributed by atoms with Crippen molar-refractivity contribution in [2.24, 2.45) is 0 Å². The van der Waals surface area contributed by atoms with Gasteiger partial charge in [-0.05, 0) is 60.1 Å². The molecule has 0 aliphatic heterocycles. The van der Waals surface area contributed by atoms with Crippen molar-refractivity contribution < 1.29 is 32.5 Å². The fourth-order valence-corrected chi connectivity index (χ4v) is 6.09. The van der Waals surface area contributed by atoms with E-state index in [1.165, 1.54) is 55.6 Å². The highest BCUT2D eigenvalue weighted by Gasteiger charge is 2.23. The van der Waals surface area contributed by atoms with Crippen molar-refractivity contribution in [3.63, 3.8) is 0 Å². The van der Waals surface area contributed by atoms with Crippen molar-refractivity contribution in [2.75, 3.05) is 13.4 Å². The summed E-state index contributed by atoms with van der Waals surface area (Å²) in [5, 5.41) is 22.9. The number of hydrogen-bond donors (Lipinski definition) is 3. The number of carbonyl (C=O) groups is 1. The van der Waals surface area contributed by atoms with Gasteiger partial charge >= 0.3 is 13.3 Å². The molecule has 2 atom stereocenters. The second-order valence-corrected chi connectivity index (χ2v) is 13.3. The van der Waals surface area contributed by atoms with E-state index in [9.17, 15) is 28.0 Å². The molecular weight excluding hydrogens is 572 g/mol. The van der Waals surface area contributed by atoms with E-state index in [2.05, 4.69) is 16.9 Å². The van der Waals surface area contributed by atoms with Crippen LogP contribution in [-0.2, 0) is 36.7 Å². The van der Waals surface area contributed by atoms with Crippen LogP contribution in [0.1, 0.15) is 16.7 Å². The van der Waals surface area contributed by atoms with Crippen LogP contribution in [0, 0.1) is 11.6 Å². The molecule has 8 nitrogen and oxygen atoms in total. The molecule has 0 amide bonds. The molecule has 3 N–H and O–H groups in total. The summed E-state index contributed by atoms with van der Waals surface area (Å²) in [5.41, 5.74) is 3.92. The molecule has 200 valence electrons. The molecule has 0 saturated carbocycles. The Balaban J connectivity index is 1.79. The molecule has 2 unspecified atom stereocenters. The zero-order chi connectivity index (χ0) is 28.1. The monoisotopic (exact) mass is 595 g/mol. The summed E-state index contributed by atoms with van der Waals surface area (Å²) in [7, 11) is -5.78. The predicted octanol–water partition coefficient (Wildman–Crippen LogP) is 4.45. The summed E-state index contributed by atoms with van der Waals surface area (Å²) in [5.74, 6) is 1.53. The highest BCUT2D eigenvalue weighted by atomic mass is 35.5. The van der Waals surface area contributed by atoms with E-state index < -0.39 is 29.2 Å². The van der Waals surface area contributed by atoms with Crippen molar-refractivity contribution in [2.45, 2.75) is 23.9 Å². The standard InChI is InChI=1S/C26H24Cl2NO7PS/c1-36-37(33,20-7-4-6-19(30)15-20)10-9-18-12-23(27)22(24(28)13-18)16-29-25(26(31)32)14-17-5-3-8-21(11-17)38(2,34)35/h3-8,11-13,15,25,29-30H,14,16H2,1-2H3,(H,31,32). The number of rotatable bonds is 9. The number of carboxylic acid groups (broad SMARTS) is 1. The van der Waals surface area contributed by atoms with Crippen molar-refractivity contribution >= 4 is 51.7 Å². The summed E-state index contributed by atoms with van der Waals surface area (Å²) in [6.45, 7) is 0.00790. The Morgan fingerprint density at radius 2 is 1.76 bits per heavy atom. The molecule has 0 aromatic heterocycles. The van der Waals surface area contributed by atoms with Gasteiger partial charge in [0.25, 0.3) is 0 Å². The molecule has 38 heavy (non-hydrogen) atoms. The Morgan fingerprint density at radius 1 is 1.11 bits per heavy atom. The molecule has 0 bridgehead atoms. The average molecular weight is 596 g/mol. The van der Waals surface area contributed by atoms with Crippen LogP contribution in [0.25, 0.3) is 0 Å². The number of benzene rings is 3. The first-order chi connectivity index (χ1) is 17.8. The van der Waals surface area contributed by atoms with Crippen LogP contribution in [0.15, 0.2) is 65.6 Å². The van der Waals surface area contributed by atoms with Crippen LogP contribution < -0.4 is 10.6 Å². The Labute approximate surface area is 230 Å². The quantitative estimate of drug-likeness (QED) is 0.244. The molecule has 0 saturated heterocycles. The molecule has 3 aromatic rings. The Bertz CT molecular complexity index is 1560. The van der Waals surface area contributed by atoms with Gasteiger partial charge in [0, 0.05) is 41.1 Å². The molecule has 3 rings (SSSR count). The number of nitrogens with one attached hydrogen (secondary N) is 1. The van der Waals surface area contributed by atoms with E-state index >= 15 is 0 Å². The van der Waals surface area contributed by atoms with Crippen molar-refractivity contribution in [1.82, 2.24) is 5.32 Å². The van der Waals surface area contributed by atoms with Gasteiger partial charge in [-0.25, -0.2) is 8.42 Å². The molecule has 0 spiro atoms. The first kappa shape index (κ1) is 29.7. The Morgan fingerprint density at radius 3 is 2.34 bits per heavy atom. The van der Waals surface area contributed by atoms with Gasteiger partial charge in [-0.1, -0.05) is 47.3 Å². The van der Waals surface area contributed by atoms with E-state index in [1.54, 1.807) is 12.1 Å². The van der Waals surface area contributed by atoms with Gasteiger partial charge in [-0.2, -0.15) is 0 Å². The highest BCUT2D eigenvalue weighted by Crippen LogP contribution is 2.44. The lowest BCUT2D eigenvalue weighted by Crippen LogP contribution is -2.38. The summed E-state index contributed by atoms with van der Waals surface area (Å²) in [6, 6.07) is 13.9. The number of hydrogen-bond acceptors (Lipinski definition) is 7. The van der Waals surface area contributed by atoms with Crippen LogP contribution in [0.5, 0.6) is 5.75 Å². The lowest BCUT2D eigenvalue weighted by Gasteiger charge is -2.16.